The van der Waals surface area contributed by atoms with Gasteiger partial charge < -0.3 is 5.32 Å². The molecule has 2 rings (SSSR count). The molecule has 0 aromatic heterocycles. The van der Waals surface area contributed by atoms with Crippen LogP contribution in [0.1, 0.15) is 19.8 Å². The summed E-state index contributed by atoms with van der Waals surface area (Å²) in [6, 6.07) is -0.810. The SMILES string of the molecule is C=C1C(=O)N(C2CCC(=S)NC2=O)C(=O)/C1=C/C=C\C. The number of carbonyl (C=O) groups is 3. The number of hydrogen-bond acceptors (Lipinski definition) is 4. The average Bonchev–Trinajstić information content (AvgIpc) is 2.60. The molecule has 2 saturated heterocycles. The van der Waals surface area contributed by atoms with Gasteiger partial charge in [0.05, 0.1) is 10.6 Å². The van der Waals surface area contributed by atoms with Gasteiger partial charge in [-0.1, -0.05) is 30.9 Å². The summed E-state index contributed by atoms with van der Waals surface area (Å²) in [4.78, 5) is 37.8. The van der Waals surface area contributed by atoms with Crippen molar-refractivity contribution in [1.82, 2.24) is 10.2 Å². The van der Waals surface area contributed by atoms with E-state index in [1.165, 1.54) is 6.08 Å². The van der Waals surface area contributed by atoms with Gasteiger partial charge in [-0.15, -0.1) is 0 Å². The first kappa shape index (κ1) is 14.3. The maximum Gasteiger partial charge on any atom is 0.262 e. The number of allylic oxidation sites excluding steroid dienone is 3. The Morgan fingerprint density at radius 3 is 2.65 bits per heavy atom. The molecule has 5 nitrogen and oxygen atoms in total. The molecule has 0 saturated carbocycles. The number of likely N-dealkylation sites (tertiary alicyclic amines) is 1. The van der Waals surface area contributed by atoms with Crippen LogP contribution < -0.4 is 5.32 Å². The minimum Gasteiger partial charge on any atom is -0.319 e. The van der Waals surface area contributed by atoms with E-state index in [0.29, 0.717) is 17.8 Å². The Morgan fingerprint density at radius 2 is 2.05 bits per heavy atom. The zero-order valence-electron chi connectivity index (χ0n) is 11.0. The third-order valence-corrected chi connectivity index (χ3v) is 3.53. The number of carbonyl (C=O) groups excluding carboxylic acids is 3. The lowest BCUT2D eigenvalue weighted by molar-refractivity contribution is -0.145. The molecule has 0 bridgehead atoms. The fourth-order valence-corrected chi connectivity index (χ4v) is 2.41. The number of amides is 3. The molecule has 2 aliphatic rings. The first-order valence-corrected chi connectivity index (χ1v) is 6.62. The van der Waals surface area contributed by atoms with E-state index in [-0.39, 0.29) is 11.1 Å². The van der Waals surface area contributed by atoms with Crippen LogP contribution in [-0.4, -0.2) is 33.7 Å². The average molecular weight is 290 g/mol. The Kier molecular flexibility index (Phi) is 3.94. The third kappa shape index (κ3) is 2.34. The maximum atomic E-state index is 12.3. The third-order valence-electron chi connectivity index (χ3n) is 3.23. The first-order valence-electron chi connectivity index (χ1n) is 6.21. The molecule has 0 spiro atoms. The van der Waals surface area contributed by atoms with Crippen molar-refractivity contribution in [1.29, 1.82) is 0 Å². The van der Waals surface area contributed by atoms with E-state index < -0.39 is 23.8 Å². The molecule has 1 unspecified atom stereocenters. The summed E-state index contributed by atoms with van der Waals surface area (Å²) in [7, 11) is 0. The Morgan fingerprint density at radius 1 is 1.35 bits per heavy atom. The number of nitrogens with one attached hydrogen (secondary N) is 1. The number of thiocarbonyl (C=S) groups is 1. The number of hydrogen-bond donors (Lipinski definition) is 1. The predicted molar refractivity (Wildman–Crippen MR) is 77.7 cm³/mol. The van der Waals surface area contributed by atoms with Gasteiger partial charge in [-0.2, -0.15) is 0 Å². The lowest BCUT2D eigenvalue weighted by Gasteiger charge is -2.28. The molecule has 2 fully saturated rings. The van der Waals surface area contributed by atoms with Gasteiger partial charge >= 0.3 is 0 Å². The molecular formula is C14H14N2O3S. The molecule has 0 aromatic carbocycles. The monoisotopic (exact) mass is 290 g/mol. The van der Waals surface area contributed by atoms with E-state index in [4.69, 9.17) is 12.2 Å². The van der Waals surface area contributed by atoms with Crippen LogP contribution in [-0.2, 0) is 14.4 Å². The molecule has 2 heterocycles. The predicted octanol–water partition coefficient (Wildman–Crippen LogP) is 1.02. The van der Waals surface area contributed by atoms with Crippen LogP contribution in [0, 0.1) is 0 Å². The Hall–Kier alpha value is -2.08. The number of imide groups is 1. The zero-order chi connectivity index (χ0) is 14.9. The fraction of sp³-hybridized carbons (Fsp3) is 0.286. The van der Waals surface area contributed by atoms with Gasteiger partial charge in [-0.25, -0.2) is 0 Å². The van der Waals surface area contributed by atoms with Gasteiger partial charge in [0.25, 0.3) is 11.8 Å². The number of piperidine rings is 1. The summed E-state index contributed by atoms with van der Waals surface area (Å²) in [6.07, 6.45) is 5.77. The number of nitrogens with zero attached hydrogens (tertiary/aromatic N) is 1. The molecule has 3 amide bonds. The molecule has 104 valence electrons. The van der Waals surface area contributed by atoms with Crippen LogP contribution in [0.4, 0.5) is 0 Å². The van der Waals surface area contributed by atoms with Gasteiger partial charge in [0.1, 0.15) is 6.04 Å². The normalized spacial score (nSPS) is 26.1. The van der Waals surface area contributed by atoms with Crippen LogP contribution in [0.3, 0.4) is 0 Å². The first-order chi connectivity index (χ1) is 9.47. The van der Waals surface area contributed by atoms with Gasteiger partial charge in [0, 0.05) is 12.0 Å². The van der Waals surface area contributed by atoms with Gasteiger partial charge in [-0.05, 0) is 19.4 Å². The minimum absolute atomic E-state index is 0.119. The van der Waals surface area contributed by atoms with Gasteiger partial charge in [-0.3, -0.25) is 19.3 Å². The maximum absolute atomic E-state index is 12.3. The van der Waals surface area contributed by atoms with Gasteiger partial charge in [0.15, 0.2) is 0 Å². The minimum atomic E-state index is -0.810. The van der Waals surface area contributed by atoms with E-state index in [0.717, 1.165) is 4.90 Å². The lowest BCUT2D eigenvalue weighted by Crippen LogP contribution is -2.53. The lowest BCUT2D eigenvalue weighted by atomic mass is 10.1. The van der Waals surface area contributed by atoms with E-state index in [9.17, 15) is 14.4 Å². The van der Waals surface area contributed by atoms with E-state index in [2.05, 4.69) is 11.9 Å². The largest absolute Gasteiger partial charge is 0.319 e. The Balaban J connectivity index is 2.31. The summed E-state index contributed by atoms with van der Waals surface area (Å²) >= 11 is 4.91. The quantitative estimate of drug-likeness (QED) is 0.468. The summed E-state index contributed by atoms with van der Waals surface area (Å²) < 4.78 is 0. The Bertz CT molecular complexity index is 589. The highest BCUT2D eigenvalue weighted by molar-refractivity contribution is 7.80. The van der Waals surface area contributed by atoms with Crippen LogP contribution in [0.2, 0.25) is 0 Å². The zero-order valence-corrected chi connectivity index (χ0v) is 11.8. The van der Waals surface area contributed by atoms with Crippen molar-refractivity contribution >= 4 is 34.9 Å². The van der Waals surface area contributed by atoms with E-state index in [1.54, 1.807) is 19.1 Å². The standard InChI is InChI=1S/C14H14N2O3S/c1-3-4-5-9-8(2)13(18)16(14(9)19)10-6-7-11(20)15-12(10)17/h3-5,10H,2,6-7H2,1H3,(H,15,17,20)/b4-3-,9-5+. The molecule has 1 N–H and O–H groups in total. The highest BCUT2D eigenvalue weighted by Gasteiger charge is 2.45. The second-order valence-corrected chi connectivity index (χ2v) is 5.02. The van der Waals surface area contributed by atoms with Crippen molar-refractivity contribution in [2.24, 2.45) is 0 Å². The van der Waals surface area contributed by atoms with E-state index in [1.807, 2.05) is 0 Å². The molecule has 6 heteroatoms. The molecule has 1 atom stereocenters. The molecule has 0 aliphatic carbocycles. The molecule has 2 aliphatic heterocycles. The van der Waals surface area contributed by atoms with Crippen LogP contribution in [0.15, 0.2) is 36.0 Å². The van der Waals surface area contributed by atoms with Gasteiger partial charge in [0.2, 0.25) is 5.91 Å². The topological polar surface area (TPSA) is 66.5 Å². The van der Waals surface area contributed by atoms with Crippen molar-refractivity contribution in [3.63, 3.8) is 0 Å². The highest BCUT2D eigenvalue weighted by Crippen LogP contribution is 2.28. The van der Waals surface area contributed by atoms with Crippen molar-refractivity contribution in [3.05, 3.63) is 36.0 Å². The second-order valence-electron chi connectivity index (χ2n) is 4.53. The van der Waals surface area contributed by atoms with Crippen molar-refractivity contribution in [2.75, 3.05) is 0 Å². The van der Waals surface area contributed by atoms with Crippen LogP contribution in [0.5, 0.6) is 0 Å². The van der Waals surface area contributed by atoms with Crippen molar-refractivity contribution in [2.45, 2.75) is 25.8 Å². The second kappa shape index (κ2) is 5.50. The van der Waals surface area contributed by atoms with Crippen molar-refractivity contribution < 1.29 is 14.4 Å². The molecule has 0 aromatic rings. The molecule has 20 heavy (non-hydrogen) atoms. The Labute approximate surface area is 122 Å². The van der Waals surface area contributed by atoms with E-state index >= 15 is 0 Å². The van der Waals surface area contributed by atoms with Crippen LogP contribution in [0.25, 0.3) is 0 Å². The molecule has 0 radical (unpaired) electrons. The summed E-state index contributed by atoms with van der Waals surface area (Å²) in [5.41, 5.74) is 0.350. The fourth-order valence-electron chi connectivity index (χ4n) is 2.19. The summed E-state index contributed by atoms with van der Waals surface area (Å²) in [6.45, 7) is 5.43. The smallest absolute Gasteiger partial charge is 0.262 e. The van der Waals surface area contributed by atoms with Crippen molar-refractivity contribution in [3.8, 4) is 0 Å². The summed E-state index contributed by atoms with van der Waals surface area (Å²) in [5, 5.41) is 2.50. The number of rotatable bonds is 2. The van der Waals surface area contributed by atoms with Crippen LogP contribution >= 0.6 is 12.2 Å². The molecular weight excluding hydrogens is 276 g/mol. The highest BCUT2D eigenvalue weighted by atomic mass is 32.1. The summed E-state index contributed by atoms with van der Waals surface area (Å²) in [5.74, 6) is -1.41.